The van der Waals surface area contributed by atoms with Gasteiger partial charge in [-0.3, -0.25) is 9.10 Å². The van der Waals surface area contributed by atoms with Crippen molar-refractivity contribution in [2.24, 2.45) is 5.92 Å². The number of anilines is 2. The summed E-state index contributed by atoms with van der Waals surface area (Å²) in [6, 6.07) is 9.48. The predicted octanol–water partition coefficient (Wildman–Crippen LogP) is 3.67. The molecule has 0 aromatic heterocycles. The molecule has 0 spiro atoms. The van der Waals surface area contributed by atoms with Crippen LogP contribution in [0.1, 0.15) is 32.3 Å². The molecule has 9 heteroatoms. The average molecular weight is 466 g/mol. The molecule has 1 fully saturated rings. The SMILES string of the molecule is C[C@H]1CCCN(c2ccc(CNC(=O)[C@H](C)N(c3ccc(F)c(F)c3)S(C)(=O)=O)cc2)C1. The van der Waals surface area contributed by atoms with E-state index in [0.717, 1.165) is 53.1 Å². The number of amides is 1. The van der Waals surface area contributed by atoms with Crippen LogP contribution in [0.25, 0.3) is 0 Å². The van der Waals surface area contributed by atoms with E-state index in [-0.39, 0.29) is 12.2 Å². The zero-order chi connectivity index (χ0) is 23.5. The number of nitrogens with one attached hydrogen (secondary N) is 1. The molecule has 0 saturated carbocycles. The number of rotatable bonds is 7. The molecule has 6 nitrogen and oxygen atoms in total. The number of carbonyl (C=O) groups is 1. The second-order valence-electron chi connectivity index (χ2n) is 8.41. The zero-order valence-corrected chi connectivity index (χ0v) is 19.3. The van der Waals surface area contributed by atoms with Crippen molar-refractivity contribution in [1.82, 2.24) is 5.32 Å². The lowest BCUT2D eigenvalue weighted by Gasteiger charge is -2.32. The van der Waals surface area contributed by atoms with Crippen LogP contribution >= 0.6 is 0 Å². The van der Waals surface area contributed by atoms with Gasteiger partial charge in [-0.1, -0.05) is 19.1 Å². The highest BCUT2D eigenvalue weighted by Crippen LogP contribution is 2.24. The Morgan fingerprint density at radius 2 is 1.88 bits per heavy atom. The minimum Gasteiger partial charge on any atom is -0.371 e. The molecule has 0 unspecified atom stereocenters. The van der Waals surface area contributed by atoms with Crippen molar-refractivity contribution in [2.45, 2.75) is 39.3 Å². The highest BCUT2D eigenvalue weighted by Gasteiger charge is 2.29. The molecular weight excluding hydrogens is 436 g/mol. The second kappa shape index (κ2) is 9.85. The van der Waals surface area contributed by atoms with E-state index in [1.54, 1.807) is 0 Å². The van der Waals surface area contributed by atoms with Crippen molar-refractivity contribution in [3.8, 4) is 0 Å². The van der Waals surface area contributed by atoms with Crippen LogP contribution in [0, 0.1) is 17.6 Å². The van der Waals surface area contributed by atoms with Crippen molar-refractivity contribution in [1.29, 1.82) is 0 Å². The first-order chi connectivity index (χ1) is 15.1. The van der Waals surface area contributed by atoms with Crippen molar-refractivity contribution in [3.63, 3.8) is 0 Å². The third kappa shape index (κ3) is 5.76. The Hall–Kier alpha value is -2.68. The van der Waals surface area contributed by atoms with Gasteiger partial charge in [0.25, 0.3) is 0 Å². The van der Waals surface area contributed by atoms with Gasteiger partial charge in [0, 0.05) is 31.4 Å². The molecule has 174 valence electrons. The van der Waals surface area contributed by atoms with Gasteiger partial charge in [-0.15, -0.1) is 0 Å². The number of hydrogen-bond acceptors (Lipinski definition) is 4. The molecule has 2 aromatic rings. The van der Waals surface area contributed by atoms with E-state index in [4.69, 9.17) is 0 Å². The van der Waals surface area contributed by atoms with Crippen LogP contribution in [0.5, 0.6) is 0 Å². The summed E-state index contributed by atoms with van der Waals surface area (Å²) >= 11 is 0. The van der Waals surface area contributed by atoms with Gasteiger partial charge in [-0.05, 0) is 55.5 Å². The van der Waals surface area contributed by atoms with Crippen LogP contribution < -0.4 is 14.5 Å². The molecule has 32 heavy (non-hydrogen) atoms. The number of piperidine rings is 1. The van der Waals surface area contributed by atoms with E-state index < -0.39 is 33.6 Å². The summed E-state index contributed by atoms with van der Waals surface area (Å²) in [5.41, 5.74) is 1.90. The topological polar surface area (TPSA) is 69.7 Å². The Balaban J connectivity index is 1.66. The van der Waals surface area contributed by atoms with E-state index in [1.165, 1.54) is 19.8 Å². The minimum atomic E-state index is -3.92. The van der Waals surface area contributed by atoms with Crippen LogP contribution in [0.4, 0.5) is 20.2 Å². The summed E-state index contributed by atoms with van der Waals surface area (Å²) in [6.45, 7) is 5.92. The Morgan fingerprint density at radius 3 is 2.47 bits per heavy atom. The fourth-order valence-electron chi connectivity index (χ4n) is 4.02. The number of carbonyl (C=O) groups excluding carboxylic acids is 1. The summed E-state index contributed by atoms with van der Waals surface area (Å²) in [7, 11) is -3.92. The molecule has 1 aliphatic heterocycles. The predicted molar refractivity (Wildman–Crippen MR) is 122 cm³/mol. The summed E-state index contributed by atoms with van der Waals surface area (Å²) in [6.07, 6.45) is 3.33. The lowest BCUT2D eigenvalue weighted by Crippen LogP contribution is -2.47. The van der Waals surface area contributed by atoms with Crippen molar-refractivity contribution < 1.29 is 22.0 Å². The third-order valence-electron chi connectivity index (χ3n) is 5.67. The maximum absolute atomic E-state index is 13.6. The van der Waals surface area contributed by atoms with Crippen LogP contribution in [-0.2, 0) is 21.4 Å². The molecular formula is C23H29F2N3O3S. The van der Waals surface area contributed by atoms with Gasteiger partial charge in [0.15, 0.2) is 11.6 Å². The number of halogens is 2. The van der Waals surface area contributed by atoms with Crippen molar-refractivity contribution in [2.75, 3.05) is 28.6 Å². The normalized spacial score (nSPS) is 17.7. The lowest BCUT2D eigenvalue weighted by atomic mass is 9.99. The summed E-state index contributed by atoms with van der Waals surface area (Å²) in [5.74, 6) is -2.17. The van der Waals surface area contributed by atoms with Crippen LogP contribution in [0.3, 0.4) is 0 Å². The van der Waals surface area contributed by atoms with E-state index in [2.05, 4.69) is 17.1 Å². The van der Waals surface area contributed by atoms with Gasteiger partial charge in [-0.25, -0.2) is 17.2 Å². The number of nitrogens with zero attached hydrogens (tertiary/aromatic N) is 2. The summed E-state index contributed by atoms with van der Waals surface area (Å²) < 4.78 is 52.3. The maximum Gasteiger partial charge on any atom is 0.243 e. The first-order valence-corrected chi connectivity index (χ1v) is 12.5. The number of sulfonamides is 1. The molecule has 1 aliphatic rings. The van der Waals surface area contributed by atoms with Gasteiger partial charge in [0.05, 0.1) is 11.9 Å². The Labute approximate surface area is 188 Å². The quantitative estimate of drug-likeness (QED) is 0.678. The Morgan fingerprint density at radius 1 is 1.19 bits per heavy atom. The van der Waals surface area contributed by atoms with E-state index >= 15 is 0 Å². The first-order valence-electron chi connectivity index (χ1n) is 10.6. The number of benzene rings is 2. The second-order valence-corrected chi connectivity index (χ2v) is 10.3. The van der Waals surface area contributed by atoms with Gasteiger partial charge in [-0.2, -0.15) is 0 Å². The van der Waals surface area contributed by atoms with Crippen LogP contribution in [0.2, 0.25) is 0 Å². The molecule has 0 bridgehead atoms. The molecule has 1 N–H and O–H groups in total. The molecule has 1 amide bonds. The minimum absolute atomic E-state index is 0.117. The molecule has 3 rings (SSSR count). The largest absolute Gasteiger partial charge is 0.371 e. The molecule has 1 heterocycles. The standard InChI is InChI=1S/C23H29F2N3O3S/c1-16-5-4-12-27(15-16)19-8-6-18(7-9-19)14-26-23(29)17(2)28(32(3,30)31)20-10-11-21(24)22(25)13-20/h6-11,13,16-17H,4-5,12,14-15H2,1-3H3,(H,26,29)/t16-,17-/m0/s1. The summed E-state index contributed by atoms with van der Waals surface area (Å²) in [5, 5.41) is 2.73. The molecule has 0 aliphatic carbocycles. The van der Waals surface area contributed by atoms with E-state index in [0.29, 0.717) is 5.92 Å². The molecule has 2 atom stereocenters. The lowest BCUT2D eigenvalue weighted by molar-refractivity contribution is -0.122. The van der Waals surface area contributed by atoms with Crippen molar-refractivity contribution in [3.05, 3.63) is 59.7 Å². The highest BCUT2D eigenvalue weighted by molar-refractivity contribution is 7.92. The number of hydrogen-bond donors (Lipinski definition) is 1. The Bertz CT molecular complexity index is 1060. The van der Waals surface area contributed by atoms with Crippen molar-refractivity contribution >= 4 is 27.3 Å². The monoisotopic (exact) mass is 465 g/mol. The van der Waals surface area contributed by atoms with Crippen LogP contribution in [-0.4, -0.2) is 39.7 Å². The van der Waals surface area contributed by atoms with Gasteiger partial charge >= 0.3 is 0 Å². The summed E-state index contributed by atoms with van der Waals surface area (Å²) in [4.78, 5) is 15.0. The molecule has 1 saturated heterocycles. The maximum atomic E-state index is 13.6. The zero-order valence-electron chi connectivity index (χ0n) is 18.5. The fraction of sp³-hybridized carbons (Fsp3) is 0.435. The average Bonchev–Trinajstić information content (AvgIpc) is 2.74. The molecule has 0 radical (unpaired) electrons. The Kier molecular flexibility index (Phi) is 7.38. The third-order valence-corrected chi connectivity index (χ3v) is 6.91. The van der Waals surface area contributed by atoms with Gasteiger partial charge < -0.3 is 10.2 Å². The van der Waals surface area contributed by atoms with E-state index in [1.807, 2.05) is 24.3 Å². The van der Waals surface area contributed by atoms with Gasteiger partial charge in [0.2, 0.25) is 15.9 Å². The van der Waals surface area contributed by atoms with Crippen LogP contribution in [0.15, 0.2) is 42.5 Å². The first kappa shape index (κ1) is 24.0. The smallest absolute Gasteiger partial charge is 0.243 e. The highest BCUT2D eigenvalue weighted by atomic mass is 32.2. The van der Waals surface area contributed by atoms with Gasteiger partial charge in [0.1, 0.15) is 6.04 Å². The van der Waals surface area contributed by atoms with E-state index in [9.17, 15) is 22.0 Å². The molecule has 2 aromatic carbocycles. The fourth-order valence-corrected chi connectivity index (χ4v) is 5.18.